The van der Waals surface area contributed by atoms with E-state index in [1.54, 1.807) is 36.4 Å². The van der Waals surface area contributed by atoms with Crippen molar-refractivity contribution in [3.05, 3.63) is 57.8 Å². The number of nitrogens with zero attached hydrogens (tertiary/aromatic N) is 4. The van der Waals surface area contributed by atoms with Crippen LogP contribution in [0.2, 0.25) is 0 Å². The lowest BCUT2D eigenvalue weighted by Crippen LogP contribution is -2.13. The summed E-state index contributed by atoms with van der Waals surface area (Å²) in [5, 5.41) is 9.15. The second-order valence-corrected chi connectivity index (χ2v) is 8.04. The summed E-state index contributed by atoms with van der Waals surface area (Å²) in [6.45, 7) is 0.804. The molecular formula is C24H27BrN6O8. The van der Waals surface area contributed by atoms with E-state index in [0.717, 1.165) is 4.47 Å². The molecule has 4 N–H and O–H groups in total. The predicted octanol–water partition coefficient (Wildman–Crippen LogP) is 2.24. The Balaban J connectivity index is 0.000000375. The average molecular weight is 607 g/mol. The van der Waals surface area contributed by atoms with Gasteiger partial charge in [0.2, 0.25) is 0 Å². The van der Waals surface area contributed by atoms with Crippen molar-refractivity contribution < 1.29 is 38.2 Å². The number of amides is 2. The molecule has 0 aliphatic heterocycles. The van der Waals surface area contributed by atoms with E-state index in [1.165, 1.54) is 9.36 Å². The van der Waals surface area contributed by atoms with Crippen molar-refractivity contribution in [2.45, 2.75) is 34.9 Å². The van der Waals surface area contributed by atoms with Crippen LogP contribution < -0.4 is 11.5 Å². The molecule has 2 aromatic heterocycles. The highest BCUT2D eigenvalue weighted by molar-refractivity contribution is 9.10. The van der Waals surface area contributed by atoms with Crippen molar-refractivity contribution >= 4 is 69.0 Å². The first kappa shape index (κ1) is 32.2. The van der Waals surface area contributed by atoms with Crippen LogP contribution in [0.3, 0.4) is 0 Å². The molecule has 0 unspecified atom stereocenters. The average Bonchev–Trinajstić information content (AvgIpc) is 3.43. The molecule has 4 aromatic rings. The van der Waals surface area contributed by atoms with Crippen LogP contribution in [0.5, 0.6) is 0 Å². The summed E-state index contributed by atoms with van der Waals surface area (Å²) in [6.07, 6.45) is 0. The molecule has 0 bridgehead atoms. The van der Waals surface area contributed by atoms with Crippen LogP contribution in [0.15, 0.2) is 40.9 Å². The molecule has 2 amide bonds. The first-order valence-electron chi connectivity index (χ1n) is 10.2. The van der Waals surface area contributed by atoms with Crippen LogP contribution in [0, 0.1) is 0 Å². The van der Waals surface area contributed by atoms with Gasteiger partial charge in [0.05, 0.1) is 11.0 Å². The Hall–Kier alpha value is -4.79. The van der Waals surface area contributed by atoms with Gasteiger partial charge in [0.25, 0.3) is 31.2 Å². The molecule has 0 saturated heterocycles. The zero-order valence-corrected chi connectivity index (χ0v) is 20.5. The van der Waals surface area contributed by atoms with Gasteiger partial charge in [0, 0.05) is 15.2 Å². The molecule has 2 aromatic carbocycles. The lowest BCUT2D eigenvalue weighted by molar-refractivity contribution is -0.133. The summed E-state index contributed by atoms with van der Waals surface area (Å²) in [6, 6.07) is 10.3. The zero-order chi connectivity index (χ0) is 26.9. The van der Waals surface area contributed by atoms with Gasteiger partial charge in [-0.2, -0.15) is 10.2 Å². The van der Waals surface area contributed by atoms with Crippen molar-refractivity contribution in [3.63, 3.8) is 0 Å². The molecule has 208 valence electrons. The summed E-state index contributed by atoms with van der Waals surface area (Å²) in [7, 11) is 0. The molecule has 0 atom stereocenters. The van der Waals surface area contributed by atoms with E-state index in [4.69, 9.17) is 11.5 Å². The zero-order valence-electron chi connectivity index (χ0n) is 18.9. The number of rotatable bonds is 11. The second kappa shape index (κ2) is 14.8. The topological polar surface area (TPSA) is 201 Å². The molecule has 14 nitrogen and oxygen atoms in total. The molecule has 15 heteroatoms. The van der Waals surface area contributed by atoms with Crippen molar-refractivity contribution in [2.75, 3.05) is 0 Å². The second-order valence-electron chi connectivity index (χ2n) is 7.13. The largest absolute Gasteiger partial charge is 0.463 e. The standard InChI is InChI=1S/C12H11N3O5.C10H8BrN3O3.2CH4/c13-12(18)11-9-2-1-8(4-19-6-16)3-10(9)15(14-11)5-20-7-17;11-6-1-2-7-8(3-6)14(4-17-5-15)13-9(7)10(12)16;;/h1-3,6-7H,4-5H2,(H2,13,18);1-3,5H,4H2,(H2,12,16);2*1H4. The molecule has 0 spiro atoms. The van der Waals surface area contributed by atoms with E-state index in [-0.39, 0.29) is 52.8 Å². The number of carbonyl (C=O) groups excluding carboxylic acids is 5. The molecule has 0 aliphatic rings. The maximum absolute atomic E-state index is 11.3. The minimum atomic E-state index is -0.684. The molecule has 0 radical (unpaired) electrons. The highest BCUT2D eigenvalue weighted by atomic mass is 79.9. The Morgan fingerprint density at radius 1 is 0.769 bits per heavy atom. The Morgan fingerprint density at radius 2 is 1.23 bits per heavy atom. The number of aromatic nitrogens is 4. The van der Waals surface area contributed by atoms with Gasteiger partial charge in [-0.1, -0.05) is 36.8 Å². The van der Waals surface area contributed by atoms with E-state index < -0.39 is 11.8 Å². The SMILES string of the molecule is C.C.NC(=O)c1nn(COC=O)c2cc(Br)ccc12.NC(=O)c1nn(COC=O)c2cc(COC=O)ccc12. The van der Waals surface area contributed by atoms with Crippen LogP contribution >= 0.6 is 15.9 Å². The van der Waals surface area contributed by atoms with Crippen molar-refractivity contribution in [3.8, 4) is 0 Å². The first-order chi connectivity index (χ1) is 17.8. The lowest BCUT2D eigenvalue weighted by Gasteiger charge is -2.03. The normalized spacial score (nSPS) is 9.77. The summed E-state index contributed by atoms with van der Waals surface area (Å²) >= 11 is 3.31. The van der Waals surface area contributed by atoms with Gasteiger partial charge in [-0.3, -0.25) is 24.0 Å². The highest BCUT2D eigenvalue weighted by Gasteiger charge is 2.16. The maximum Gasteiger partial charge on any atom is 0.294 e. The summed E-state index contributed by atoms with van der Waals surface area (Å²) in [5.41, 5.74) is 12.6. The van der Waals surface area contributed by atoms with Gasteiger partial charge in [-0.05, 0) is 35.9 Å². The molecule has 39 heavy (non-hydrogen) atoms. The van der Waals surface area contributed by atoms with E-state index in [0.29, 0.717) is 40.3 Å². The van der Waals surface area contributed by atoms with Crippen molar-refractivity contribution in [1.29, 1.82) is 0 Å². The van der Waals surface area contributed by atoms with Gasteiger partial charge in [-0.15, -0.1) is 0 Å². The fourth-order valence-corrected chi connectivity index (χ4v) is 3.70. The van der Waals surface area contributed by atoms with Gasteiger partial charge in [-0.25, -0.2) is 9.36 Å². The third kappa shape index (κ3) is 7.61. The number of halogens is 1. The Labute approximate surface area is 230 Å². The first-order valence-corrected chi connectivity index (χ1v) is 11.0. The minimum absolute atomic E-state index is 0. The minimum Gasteiger partial charge on any atom is -0.463 e. The van der Waals surface area contributed by atoms with Crippen LogP contribution in [-0.4, -0.2) is 50.8 Å². The molecule has 0 aliphatic carbocycles. The van der Waals surface area contributed by atoms with E-state index in [9.17, 15) is 24.0 Å². The van der Waals surface area contributed by atoms with Gasteiger partial charge in [0.15, 0.2) is 24.8 Å². The smallest absolute Gasteiger partial charge is 0.294 e. The summed E-state index contributed by atoms with van der Waals surface area (Å²) in [4.78, 5) is 53.1. The fourth-order valence-electron chi connectivity index (χ4n) is 3.35. The highest BCUT2D eigenvalue weighted by Crippen LogP contribution is 2.23. The monoisotopic (exact) mass is 606 g/mol. The Morgan fingerprint density at radius 3 is 1.69 bits per heavy atom. The Bertz CT molecular complexity index is 1480. The Kier molecular flexibility index (Phi) is 12.3. The third-order valence-corrected chi connectivity index (χ3v) is 5.34. The van der Waals surface area contributed by atoms with Crippen LogP contribution in [0.1, 0.15) is 41.4 Å². The number of primary amides is 2. The molecule has 2 heterocycles. The summed E-state index contributed by atoms with van der Waals surface area (Å²) in [5.74, 6) is -1.31. The number of hydrogen-bond donors (Lipinski definition) is 2. The quantitative estimate of drug-likeness (QED) is 0.188. The third-order valence-electron chi connectivity index (χ3n) is 4.84. The van der Waals surface area contributed by atoms with Crippen molar-refractivity contribution in [1.82, 2.24) is 19.6 Å². The lowest BCUT2D eigenvalue weighted by atomic mass is 10.1. The maximum atomic E-state index is 11.3. The van der Waals surface area contributed by atoms with Crippen LogP contribution in [-0.2, 0) is 48.7 Å². The van der Waals surface area contributed by atoms with Crippen LogP contribution in [0.25, 0.3) is 21.8 Å². The fraction of sp³-hybridized carbons (Fsp3) is 0.208. The molecular weight excluding hydrogens is 580 g/mol. The van der Waals surface area contributed by atoms with Gasteiger partial charge >= 0.3 is 0 Å². The van der Waals surface area contributed by atoms with Gasteiger partial charge in [0.1, 0.15) is 6.61 Å². The molecule has 4 rings (SSSR count). The number of fused-ring (bicyclic) bond motifs is 2. The van der Waals surface area contributed by atoms with E-state index in [2.05, 4.69) is 40.3 Å². The molecule has 0 fully saturated rings. The van der Waals surface area contributed by atoms with Gasteiger partial charge < -0.3 is 25.7 Å². The van der Waals surface area contributed by atoms with Crippen molar-refractivity contribution in [2.24, 2.45) is 11.5 Å². The number of ether oxygens (including phenoxy) is 3. The van der Waals surface area contributed by atoms with E-state index in [1.807, 2.05) is 0 Å². The summed E-state index contributed by atoms with van der Waals surface area (Å²) < 4.78 is 17.4. The predicted molar refractivity (Wildman–Crippen MR) is 143 cm³/mol. The number of nitrogens with two attached hydrogens (primary N) is 2. The van der Waals surface area contributed by atoms with Crippen LogP contribution in [0.4, 0.5) is 0 Å². The number of hydrogen-bond acceptors (Lipinski definition) is 10. The van der Waals surface area contributed by atoms with E-state index >= 15 is 0 Å². The number of benzene rings is 2. The number of carbonyl (C=O) groups is 5. The molecule has 0 saturated carbocycles.